The number of benzene rings is 1. The maximum Gasteiger partial charge on any atom is 0.123 e. The monoisotopic (exact) mass is 244 g/mol. The van der Waals surface area contributed by atoms with E-state index in [9.17, 15) is 0 Å². The summed E-state index contributed by atoms with van der Waals surface area (Å²) < 4.78 is 6.22. The number of halogens is 1. The molecule has 13 heavy (non-hydrogen) atoms. The molecule has 0 radical (unpaired) electrons. The van der Waals surface area contributed by atoms with Crippen molar-refractivity contribution in [3.05, 3.63) is 28.2 Å². The number of hydrogen-bond donors (Lipinski definition) is 1. The number of aliphatic hydroxyl groups is 1. The van der Waals surface area contributed by atoms with E-state index in [2.05, 4.69) is 15.9 Å². The van der Waals surface area contributed by atoms with E-state index in [1.807, 2.05) is 18.2 Å². The van der Waals surface area contributed by atoms with Gasteiger partial charge in [0.15, 0.2) is 0 Å². The average Bonchev–Trinajstić information content (AvgIpc) is 2.16. The zero-order valence-electron chi connectivity index (χ0n) is 7.59. The molecule has 0 aliphatic carbocycles. The van der Waals surface area contributed by atoms with Gasteiger partial charge in [0.1, 0.15) is 5.75 Å². The van der Waals surface area contributed by atoms with Crippen LogP contribution in [0.2, 0.25) is 0 Å². The minimum absolute atomic E-state index is 0.221. The Morgan fingerprint density at radius 2 is 2.23 bits per heavy atom. The first kappa shape index (κ1) is 10.5. The molecule has 0 aliphatic rings. The van der Waals surface area contributed by atoms with Crippen molar-refractivity contribution < 1.29 is 9.84 Å². The highest BCUT2D eigenvalue weighted by Crippen LogP contribution is 2.24. The summed E-state index contributed by atoms with van der Waals surface area (Å²) in [4.78, 5) is 0. The van der Waals surface area contributed by atoms with Gasteiger partial charge < -0.3 is 9.84 Å². The predicted octanol–water partition coefficient (Wildman–Crippen LogP) is 2.38. The van der Waals surface area contributed by atoms with Gasteiger partial charge in [0, 0.05) is 11.1 Å². The number of hydrogen-bond acceptors (Lipinski definition) is 2. The van der Waals surface area contributed by atoms with E-state index in [1.165, 1.54) is 0 Å². The number of aryl methyl sites for hydroxylation is 1. The molecule has 0 heterocycles. The van der Waals surface area contributed by atoms with Gasteiger partial charge in [-0.3, -0.25) is 0 Å². The maximum atomic E-state index is 8.70. The molecular weight excluding hydrogens is 232 g/mol. The molecule has 1 rings (SSSR count). The van der Waals surface area contributed by atoms with E-state index in [0.717, 1.165) is 28.6 Å². The summed E-state index contributed by atoms with van der Waals surface area (Å²) in [5.74, 6) is 0.878. The summed E-state index contributed by atoms with van der Waals surface area (Å²) in [5, 5.41) is 8.70. The topological polar surface area (TPSA) is 29.5 Å². The summed E-state index contributed by atoms with van der Waals surface area (Å²) in [5.41, 5.74) is 1.14. The second-order valence-electron chi connectivity index (χ2n) is 2.78. The van der Waals surface area contributed by atoms with Crippen LogP contribution in [-0.4, -0.2) is 18.8 Å². The third-order valence-electron chi connectivity index (χ3n) is 1.85. The molecule has 0 saturated heterocycles. The molecule has 3 heteroatoms. The predicted molar refractivity (Wildman–Crippen MR) is 56.1 cm³/mol. The molecular formula is C10H13BrO2. The van der Waals surface area contributed by atoms with Crippen LogP contribution in [0.3, 0.4) is 0 Å². The third kappa shape index (κ3) is 3.01. The molecule has 0 unspecified atom stereocenters. The minimum Gasteiger partial charge on any atom is -0.496 e. The Bertz CT molecular complexity index is 274. The van der Waals surface area contributed by atoms with E-state index in [1.54, 1.807) is 7.11 Å². The van der Waals surface area contributed by atoms with E-state index in [4.69, 9.17) is 9.84 Å². The largest absolute Gasteiger partial charge is 0.496 e. The summed E-state index contributed by atoms with van der Waals surface area (Å²) in [6.07, 6.45) is 1.63. The lowest BCUT2D eigenvalue weighted by Crippen LogP contribution is -1.94. The van der Waals surface area contributed by atoms with Crippen LogP contribution in [0.5, 0.6) is 5.75 Å². The van der Waals surface area contributed by atoms with Crippen molar-refractivity contribution in [2.45, 2.75) is 12.8 Å². The molecule has 0 atom stereocenters. The first-order valence-electron chi connectivity index (χ1n) is 4.21. The van der Waals surface area contributed by atoms with Crippen molar-refractivity contribution in [1.82, 2.24) is 0 Å². The molecule has 1 aromatic carbocycles. The standard InChI is InChI=1S/C10H13BrO2/c1-13-10-7-9(11)5-4-8(10)3-2-6-12/h4-5,7,12H,2-3,6H2,1H3. The molecule has 0 spiro atoms. The van der Waals surface area contributed by atoms with Crippen LogP contribution < -0.4 is 4.74 Å². The van der Waals surface area contributed by atoms with E-state index in [-0.39, 0.29) is 6.61 Å². The van der Waals surface area contributed by atoms with E-state index in [0.29, 0.717) is 0 Å². The molecule has 0 aliphatic heterocycles. The van der Waals surface area contributed by atoms with Crippen molar-refractivity contribution in [3.63, 3.8) is 0 Å². The van der Waals surface area contributed by atoms with Gasteiger partial charge in [-0.1, -0.05) is 22.0 Å². The lowest BCUT2D eigenvalue weighted by atomic mass is 10.1. The van der Waals surface area contributed by atoms with Crippen molar-refractivity contribution >= 4 is 15.9 Å². The van der Waals surface area contributed by atoms with Gasteiger partial charge in [0.2, 0.25) is 0 Å². The SMILES string of the molecule is COc1cc(Br)ccc1CCCO. The van der Waals surface area contributed by atoms with E-state index < -0.39 is 0 Å². The Morgan fingerprint density at radius 1 is 1.46 bits per heavy atom. The fourth-order valence-corrected chi connectivity index (χ4v) is 1.53. The highest BCUT2D eigenvalue weighted by atomic mass is 79.9. The first-order valence-corrected chi connectivity index (χ1v) is 5.00. The Kier molecular flexibility index (Phi) is 4.25. The summed E-state index contributed by atoms with van der Waals surface area (Å²) in [6, 6.07) is 5.93. The number of aliphatic hydroxyl groups excluding tert-OH is 1. The summed E-state index contributed by atoms with van der Waals surface area (Å²) >= 11 is 3.38. The zero-order chi connectivity index (χ0) is 9.68. The van der Waals surface area contributed by atoms with Gasteiger partial charge in [0.05, 0.1) is 7.11 Å². The molecule has 1 N–H and O–H groups in total. The van der Waals surface area contributed by atoms with Crippen LogP contribution in [0.4, 0.5) is 0 Å². The summed E-state index contributed by atoms with van der Waals surface area (Å²) in [7, 11) is 1.66. The molecule has 2 nitrogen and oxygen atoms in total. The molecule has 0 aromatic heterocycles. The zero-order valence-corrected chi connectivity index (χ0v) is 9.17. The number of rotatable bonds is 4. The van der Waals surface area contributed by atoms with Gasteiger partial charge in [-0.05, 0) is 30.5 Å². The van der Waals surface area contributed by atoms with Gasteiger partial charge in [-0.25, -0.2) is 0 Å². The van der Waals surface area contributed by atoms with Crippen molar-refractivity contribution in [2.75, 3.05) is 13.7 Å². The number of methoxy groups -OCH3 is 1. The first-order chi connectivity index (χ1) is 6.27. The van der Waals surface area contributed by atoms with Crippen LogP contribution in [0.15, 0.2) is 22.7 Å². The molecule has 72 valence electrons. The van der Waals surface area contributed by atoms with Crippen LogP contribution >= 0.6 is 15.9 Å². The quantitative estimate of drug-likeness (QED) is 0.882. The van der Waals surface area contributed by atoms with Crippen LogP contribution in [0.25, 0.3) is 0 Å². The second kappa shape index (κ2) is 5.25. The molecule has 0 amide bonds. The highest BCUT2D eigenvalue weighted by Gasteiger charge is 2.02. The fourth-order valence-electron chi connectivity index (χ4n) is 1.19. The van der Waals surface area contributed by atoms with Crippen molar-refractivity contribution in [2.24, 2.45) is 0 Å². The Labute approximate surface area is 86.7 Å². The number of ether oxygens (including phenoxy) is 1. The smallest absolute Gasteiger partial charge is 0.123 e. The fraction of sp³-hybridized carbons (Fsp3) is 0.400. The van der Waals surface area contributed by atoms with Crippen LogP contribution in [-0.2, 0) is 6.42 Å². The van der Waals surface area contributed by atoms with Crippen LogP contribution in [0, 0.1) is 0 Å². The Hall–Kier alpha value is -0.540. The van der Waals surface area contributed by atoms with Crippen molar-refractivity contribution in [3.8, 4) is 5.75 Å². The average molecular weight is 245 g/mol. The van der Waals surface area contributed by atoms with Gasteiger partial charge in [-0.2, -0.15) is 0 Å². The Morgan fingerprint density at radius 3 is 2.85 bits per heavy atom. The molecule has 0 bridgehead atoms. The summed E-state index contributed by atoms with van der Waals surface area (Å²) in [6.45, 7) is 0.221. The lowest BCUT2D eigenvalue weighted by molar-refractivity contribution is 0.287. The van der Waals surface area contributed by atoms with Crippen LogP contribution in [0.1, 0.15) is 12.0 Å². The normalized spacial score (nSPS) is 10.1. The van der Waals surface area contributed by atoms with Gasteiger partial charge in [-0.15, -0.1) is 0 Å². The highest BCUT2D eigenvalue weighted by molar-refractivity contribution is 9.10. The lowest BCUT2D eigenvalue weighted by Gasteiger charge is -2.07. The molecule has 0 fully saturated rings. The van der Waals surface area contributed by atoms with Gasteiger partial charge in [0.25, 0.3) is 0 Å². The second-order valence-corrected chi connectivity index (χ2v) is 3.70. The minimum atomic E-state index is 0.221. The molecule has 1 aromatic rings. The van der Waals surface area contributed by atoms with Gasteiger partial charge >= 0.3 is 0 Å². The maximum absolute atomic E-state index is 8.70. The van der Waals surface area contributed by atoms with Crippen molar-refractivity contribution in [1.29, 1.82) is 0 Å². The Balaban J connectivity index is 2.79. The van der Waals surface area contributed by atoms with E-state index >= 15 is 0 Å². The third-order valence-corrected chi connectivity index (χ3v) is 2.35. The molecule has 0 saturated carbocycles.